The van der Waals surface area contributed by atoms with Crippen molar-refractivity contribution in [3.8, 4) is 0 Å². The summed E-state index contributed by atoms with van der Waals surface area (Å²) in [5, 5.41) is 6.07. The Bertz CT molecular complexity index is 651. The molecule has 3 heterocycles. The van der Waals surface area contributed by atoms with E-state index in [1.54, 1.807) is 0 Å². The molecule has 0 bridgehead atoms. The first-order valence-electron chi connectivity index (χ1n) is 8.01. The highest BCUT2D eigenvalue weighted by atomic mass is 32.1. The van der Waals surface area contributed by atoms with E-state index in [4.69, 9.17) is 9.26 Å². The molecule has 0 aromatic carbocycles. The molecule has 1 aliphatic rings. The monoisotopic (exact) mass is 334 g/mol. The first kappa shape index (κ1) is 16.4. The van der Waals surface area contributed by atoms with Gasteiger partial charge >= 0.3 is 0 Å². The molecule has 1 unspecified atom stereocenters. The lowest BCUT2D eigenvalue weighted by atomic mass is 10.0. The fourth-order valence-electron chi connectivity index (χ4n) is 2.96. The number of aromatic nitrogens is 1. The Morgan fingerprint density at radius 3 is 3.13 bits per heavy atom. The SMILES string of the molecule is CCc1noc(C)c1CN1CCOCC1CC(=O)c1cccs1. The molecule has 0 saturated carbocycles. The van der Waals surface area contributed by atoms with Crippen LogP contribution in [0.15, 0.2) is 22.0 Å². The van der Waals surface area contributed by atoms with Gasteiger partial charge in [0.25, 0.3) is 0 Å². The predicted molar refractivity (Wildman–Crippen MR) is 88.9 cm³/mol. The third-order valence-electron chi connectivity index (χ3n) is 4.33. The number of ketones is 1. The Balaban J connectivity index is 1.71. The highest BCUT2D eigenvalue weighted by molar-refractivity contribution is 7.12. The minimum Gasteiger partial charge on any atom is -0.378 e. The topological polar surface area (TPSA) is 55.6 Å². The molecule has 0 N–H and O–H groups in total. The molecule has 0 aliphatic carbocycles. The van der Waals surface area contributed by atoms with Gasteiger partial charge in [-0.2, -0.15) is 0 Å². The van der Waals surface area contributed by atoms with Gasteiger partial charge in [0.2, 0.25) is 0 Å². The molecule has 124 valence electrons. The highest BCUT2D eigenvalue weighted by Crippen LogP contribution is 2.22. The second-order valence-corrected chi connectivity index (χ2v) is 6.77. The van der Waals surface area contributed by atoms with Crippen molar-refractivity contribution in [3.05, 3.63) is 39.4 Å². The number of hydrogen-bond donors (Lipinski definition) is 0. The minimum absolute atomic E-state index is 0.109. The van der Waals surface area contributed by atoms with Crippen molar-refractivity contribution < 1.29 is 14.1 Å². The lowest BCUT2D eigenvalue weighted by molar-refractivity contribution is -0.0128. The summed E-state index contributed by atoms with van der Waals surface area (Å²) in [6.45, 7) is 6.93. The van der Waals surface area contributed by atoms with Crippen LogP contribution in [0.3, 0.4) is 0 Å². The van der Waals surface area contributed by atoms with Gasteiger partial charge in [0, 0.05) is 31.1 Å². The van der Waals surface area contributed by atoms with E-state index in [9.17, 15) is 4.79 Å². The van der Waals surface area contributed by atoms with E-state index in [2.05, 4.69) is 17.0 Å². The fourth-order valence-corrected chi connectivity index (χ4v) is 3.63. The van der Waals surface area contributed by atoms with Crippen LogP contribution in [-0.4, -0.2) is 41.6 Å². The average molecular weight is 334 g/mol. The number of hydrogen-bond acceptors (Lipinski definition) is 6. The van der Waals surface area contributed by atoms with Crippen molar-refractivity contribution in [2.75, 3.05) is 19.8 Å². The molecule has 0 spiro atoms. The Morgan fingerprint density at radius 2 is 2.39 bits per heavy atom. The predicted octanol–water partition coefficient (Wildman–Crippen LogP) is 3.08. The summed E-state index contributed by atoms with van der Waals surface area (Å²) in [7, 11) is 0. The van der Waals surface area contributed by atoms with Crippen LogP contribution >= 0.6 is 11.3 Å². The van der Waals surface area contributed by atoms with Gasteiger partial charge in [0.15, 0.2) is 5.78 Å². The van der Waals surface area contributed by atoms with Gasteiger partial charge in [0.1, 0.15) is 5.76 Å². The summed E-state index contributed by atoms with van der Waals surface area (Å²) in [5.74, 6) is 1.06. The van der Waals surface area contributed by atoms with Crippen LogP contribution in [0.2, 0.25) is 0 Å². The molecule has 1 atom stereocenters. The number of nitrogens with zero attached hydrogens (tertiary/aromatic N) is 2. The Labute approximate surface area is 140 Å². The number of thiophene rings is 1. The summed E-state index contributed by atoms with van der Waals surface area (Å²) in [6.07, 6.45) is 1.35. The third kappa shape index (κ3) is 3.71. The number of Topliss-reactive ketones (excluding diaryl/α,β-unsaturated/α-hetero) is 1. The van der Waals surface area contributed by atoms with Crippen LogP contribution in [0, 0.1) is 6.92 Å². The number of carbonyl (C=O) groups is 1. The quantitative estimate of drug-likeness (QED) is 0.760. The number of rotatable bonds is 6. The molecule has 1 aliphatic heterocycles. The zero-order valence-electron chi connectivity index (χ0n) is 13.6. The number of morpholine rings is 1. The molecule has 23 heavy (non-hydrogen) atoms. The molecular formula is C17H22N2O3S. The van der Waals surface area contributed by atoms with Crippen molar-refractivity contribution in [1.82, 2.24) is 10.1 Å². The Morgan fingerprint density at radius 1 is 1.52 bits per heavy atom. The zero-order chi connectivity index (χ0) is 16.2. The highest BCUT2D eigenvalue weighted by Gasteiger charge is 2.28. The van der Waals surface area contributed by atoms with Gasteiger partial charge in [-0.3, -0.25) is 9.69 Å². The van der Waals surface area contributed by atoms with E-state index in [1.807, 2.05) is 24.4 Å². The molecule has 1 saturated heterocycles. The lowest BCUT2D eigenvalue weighted by Crippen LogP contribution is -2.46. The van der Waals surface area contributed by atoms with Crippen molar-refractivity contribution in [2.45, 2.75) is 39.3 Å². The van der Waals surface area contributed by atoms with E-state index >= 15 is 0 Å². The molecule has 6 heteroatoms. The largest absolute Gasteiger partial charge is 0.378 e. The van der Waals surface area contributed by atoms with E-state index in [1.165, 1.54) is 11.3 Å². The maximum atomic E-state index is 12.4. The minimum atomic E-state index is 0.109. The van der Waals surface area contributed by atoms with Crippen LogP contribution < -0.4 is 0 Å². The normalized spacial score (nSPS) is 19.1. The van der Waals surface area contributed by atoms with Gasteiger partial charge < -0.3 is 9.26 Å². The number of carbonyl (C=O) groups excluding carboxylic acids is 1. The van der Waals surface area contributed by atoms with Gasteiger partial charge in [-0.05, 0) is 24.8 Å². The van der Waals surface area contributed by atoms with Gasteiger partial charge in [0.05, 0.1) is 23.8 Å². The van der Waals surface area contributed by atoms with Gasteiger partial charge in [-0.25, -0.2) is 0 Å². The molecular weight excluding hydrogens is 312 g/mol. The first-order valence-corrected chi connectivity index (χ1v) is 8.89. The van der Waals surface area contributed by atoms with Crippen molar-refractivity contribution >= 4 is 17.1 Å². The smallest absolute Gasteiger partial charge is 0.174 e. The van der Waals surface area contributed by atoms with Crippen LogP contribution in [0.5, 0.6) is 0 Å². The zero-order valence-corrected chi connectivity index (χ0v) is 14.4. The summed E-state index contributed by atoms with van der Waals surface area (Å²) in [4.78, 5) is 15.6. The maximum absolute atomic E-state index is 12.4. The van der Waals surface area contributed by atoms with Crippen LogP contribution in [0.25, 0.3) is 0 Å². The lowest BCUT2D eigenvalue weighted by Gasteiger charge is -2.35. The Kier molecular flexibility index (Phi) is 5.25. The Hall–Kier alpha value is -1.50. The molecule has 0 amide bonds. The average Bonchev–Trinajstić information content (AvgIpc) is 3.20. The van der Waals surface area contributed by atoms with E-state index in [0.717, 1.165) is 41.4 Å². The maximum Gasteiger partial charge on any atom is 0.174 e. The van der Waals surface area contributed by atoms with E-state index < -0.39 is 0 Å². The van der Waals surface area contributed by atoms with Crippen LogP contribution in [0.4, 0.5) is 0 Å². The van der Waals surface area contributed by atoms with E-state index in [-0.39, 0.29) is 11.8 Å². The van der Waals surface area contributed by atoms with Crippen molar-refractivity contribution in [1.29, 1.82) is 0 Å². The standard InChI is InChI=1S/C17H22N2O3S/c1-3-15-14(12(2)22-18-15)10-19-6-7-21-11-13(19)9-16(20)17-5-4-8-23-17/h4-5,8,13H,3,6-7,9-11H2,1-2H3. The molecule has 5 nitrogen and oxygen atoms in total. The molecule has 2 aromatic heterocycles. The molecule has 0 radical (unpaired) electrons. The molecule has 3 rings (SSSR count). The van der Waals surface area contributed by atoms with Crippen LogP contribution in [0.1, 0.15) is 40.0 Å². The van der Waals surface area contributed by atoms with E-state index in [0.29, 0.717) is 19.6 Å². The number of aryl methyl sites for hydroxylation is 2. The fraction of sp³-hybridized carbons (Fsp3) is 0.529. The first-order chi connectivity index (χ1) is 11.2. The summed E-state index contributed by atoms with van der Waals surface area (Å²) in [6, 6.07) is 3.92. The third-order valence-corrected chi connectivity index (χ3v) is 5.24. The van der Waals surface area contributed by atoms with Gasteiger partial charge in [-0.1, -0.05) is 18.1 Å². The second-order valence-electron chi connectivity index (χ2n) is 5.82. The molecule has 2 aromatic rings. The summed E-state index contributed by atoms with van der Waals surface area (Å²) in [5.41, 5.74) is 2.17. The number of ether oxygens (including phenoxy) is 1. The summed E-state index contributed by atoms with van der Waals surface area (Å²) >= 11 is 1.50. The molecule has 1 fully saturated rings. The van der Waals surface area contributed by atoms with Crippen LogP contribution in [-0.2, 0) is 17.7 Å². The summed E-state index contributed by atoms with van der Waals surface area (Å²) < 4.78 is 10.9. The van der Waals surface area contributed by atoms with Crippen molar-refractivity contribution in [3.63, 3.8) is 0 Å². The van der Waals surface area contributed by atoms with Gasteiger partial charge in [-0.15, -0.1) is 11.3 Å². The van der Waals surface area contributed by atoms with Crippen molar-refractivity contribution in [2.24, 2.45) is 0 Å². The second kappa shape index (κ2) is 7.38.